The highest BCUT2D eigenvalue weighted by Gasteiger charge is 2.36. The Hall–Kier alpha value is -18.0. The summed E-state index contributed by atoms with van der Waals surface area (Å²) in [6, 6.07) is 195. The number of aromatic nitrogens is 2. The van der Waals surface area contributed by atoms with E-state index in [1.807, 2.05) is 46.1 Å². The predicted octanol–water partition coefficient (Wildman–Crippen LogP) is 40.0. The molecule has 0 aliphatic heterocycles. The highest BCUT2D eigenvalue weighted by atomic mass is 32.1. The Kier molecular flexibility index (Phi) is 22.8. The van der Waals surface area contributed by atoms with Crippen molar-refractivity contribution in [3.05, 3.63) is 551 Å². The second kappa shape index (κ2) is 37.8. The average Bonchev–Trinajstić information content (AvgIpc) is 1.58. The van der Waals surface area contributed by atoms with Gasteiger partial charge in [0.2, 0.25) is 0 Å². The van der Waals surface area contributed by atoms with Gasteiger partial charge in [-0.2, -0.15) is 0 Å². The van der Waals surface area contributed by atoms with Crippen LogP contribution in [0.1, 0.15) is 25.0 Å². The van der Waals surface area contributed by atoms with Gasteiger partial charge >= 0.3 is 0 Å². The Bertz CT molecular complexity index is 9450. The van der Waals surface area contributed by atoms with Gasteiger partial charge < -0.3 is 28.3 Å². The topological polar surface area (TPSA) is 32.7 Å². The summed E-state index contributed by atoms with van der Waals surface area (Å²) in [6.07, 6.45) is 0. The third-order valence-corrected chi connectivity index (χ3v) is 32.3. The smallest absolute Gasteiger partial charge is 0.143 e. The zero-order valence-electron chi connectivity index (χ0n) is 80.3. The molecule has 28 rings (SSSR count). The molecular formula is C137H95N5OS3. The molecule has 0 radical (unpaired) electrons. The number of furan rings is 1. The molecule has 146 heavy (non-hydrogen) atoms. The van der Waals surface area contributed by atoms with Crippen LogP contribution in [0.5, 0.6) is 0 Å². The summed E-state index contributed by atoms with van der Waals surface area (Å²) in [6.45, 7) is 4.69. The highest BCUT2D eigenvalue weighted by Crippen LogP contribution is 2.53. The zero-order valence-corrected chi connectivity index (χ0v) is 82.7. The van der Waals surface area contributed by atoms with Gasteiger partial charge in [-0.1, -0.05) is 366 Å². The Balaban J connectivity index is 0.000000111. The fourth-order valence-corrected chi connectivity index (χ4v) is 24.7. The normalized spacial score (nSPS) is 12.0. The van der Waals surface area contributed by atoms with Gasteiger partial charge in [-0.15, -0.1) is 34.0 Å². The van der Waals surface area contributed by atoms with Crippen LogP contribution in [-0.2, 0) is 5.41 Å². The maximum absolute atomic E-state index is 6.41. The number of hydrogen-bond acceptors (Lipinski definition) is 7. The molecule has 0 amide bonds. The highest BCUT2D eigenvalue weighted by molar-refractivity contribution is 7.19. The van der Waals surface area contributed by atoms with E-state index in [4.69, 9.17) is 4.42 Å². The second-order valence-corrected chi connectivity index (χ2v) is 41.0. The molecule has 6 heterocycles. The van der Waals surface area contributed by atoms with Crippen molar-refractivity contribution in [3.8, 4) is 96.3 Å². The molecule has 0 fully saturated rings. The number of rotatable bonds is 18. The molecule has 27 aromatic rings. The van der Waals surface area contributed by atoms with Crippen molar-refractivity contribution in [2.24, 2.45) is 0 Å². The molecule has 0 bridgehead atoms. The van der Waals surface area contributed by atoms with E-state index in [1.54, 1.807) is 0 Å². The number of benzene rings is 21. The van der Waals surface area contributed by atoms with Crippen LogP contribution in [0.2, 0.25) is 0 Å². The van der Waals surface area contributed by atoms with Gasteiger partial charge in [0.1, 0.15) is 11.2 Å². The van der Waals surface area contributed by atoms with E-state index in [9.17, 15) is 0 Å². The molecule has 0 saturated heterocycles. The molecule has 6 aromatic heterocycles. The Labute approximate surface area is 860 Å². The van der Waals surface area contributed by atoms with E-state index in [-0.39, 0.29) is 5.41 Å². The van der Waals surface area contributed by atoms with Gasteiger partial charge in [-0.05, 0) is 260 Å². The fraction of sp³-hybridized carbons (Fsp3) is 0.0219. The van der Waals surface area contributed by atoms with Gasteiger partial charge in [-0.3, -0.25) is 0 Å². The van der Waals surface area contributed by atoms with Crippen molar-refractivity contribution < 1.29 is 4.42 Å². The number of thiophene rings is 3. The number of fused-ring (bicyclic) bond motifs is 14. The van der Waals surface area contributed by atoms with Crippen LogP contribution in [0.15, 0.2) is 544 Å². The number of anilines is 9. The van der Waals surface area contributed by atoms with Gasteiger partial charge in [0.25, 0.3) is 0 Å². The summed E-state index contributed by atoms with van der Waals surface area (Å²) < 4.78 is 11.2. The van der Waals surface area contributed by atoms with Gasteiger partial charge in [0, 0.05) is 135 Å². The molecule has 0 N–H and O–H groups in total. The van der Waals surface area contributed by atoms with Crippen LogP contribution in [0, 0.1) is 0 Å². The van der Waals surface area contributed by atoms with Crippen molar-refractivity contribution >= 4 is 172 Å². The molecule has 21 aromatic carbocycles. The lowest BCUT2D eigenvalue weighted by Gasteiger charge is -2.28. The minimum atomic E-state index is -0.0950. The van der Waals surface area contributed by atoms with E-state index in [1.165, 1.54) is 150 Å². The fourth-order valence-electron chi connectivity index (χ4n) is 21.7. The summed E-state index contributed by atoms with van der Waals surface area (Å²) >= 11 is 5.50. The minimum absolute atomic E-state index is 0.0950. The predicted molar refractivity (Wildman–Crippen MR) is 624 cm³/mol. The van der Waals surface area contributed by atoms with Crippen molar-refractivity contribution in [2.45, 2.75) is 19.3 Å². The molecule has 9 heteroatoms. The van der Waals surface area contributed by atoms with Crippen LogP contribution in [0.4, 0.5) is 51.2 Å². The average molecular weight is 1920 g/mol. The third-order valence-electron chi connectivity index (χ3n) is 28.8. The van der Waals surface area contributed by atoms with Crippen LogP contribution in [-0.4, -0.2) is 9.13 Å². The molecule has 0 saturated carbocycles. The van der Waals surface area contributed by atoms with Crippen molar-refractivity contribution in [3.63, 3.8) is 0 Å². The molecule has 1 aliphatic carbocycles. The standard InChI is InChI=1S/C49H35NOS.2C44H30N2S/c1-49(2)43-17-8-6-13-39(43)40-28-27-37(31-44(40)49)50(36-25-21-34(22-26-36)47-30-29-46(52-47)33-11-4-3-5-12-33)35-23-19-32(20-24-35)38-15-10-16-42-41-14-7-9-18-45(41)51-48(38)42;1-3-13-32(14-4-1)43-28-29-44(47-43)33-22-24-35(25-23-33)45(40-21-11-15-31-12-7-8-18-37(31)40)36-26-27-42-39(30-36)38-19-9-10-20-41(38)46(42)34-16-5-2-6-17-34;1-2-12-32(13-3-1)43-29-30-44(47-43)33-21-23-34(24-22-33)45(40-20-10-14-31-11-4-5-15-37(31)40)35-25-27-36(28-26-35)46-41-18-8-6-16-38(41)39-17-7-9-19-42(39)46/h3-31H,1-2H3;2*1-30H. The summed E-state index contributed by atoms with van der Waals surface area (Å²) in [5, 5.41) is 12.2. The van der Waals surface area contributed by atoms with Crippen LogP contribution >= 0.6 is 34.0 Å². The Morgan fingerprint density at radius 2 is 0.514 bits per heavy atom. The third kappa shape index (κ3) is 16.3. The van der Waals surface area contributed by atoms with Crippen molar-refractivity contribution in [1.82, 2.24) is 9.13 Å². The van der Waals surface area contributed by atoms with E-state index in [0.717, 1.165) is 95.6 Å². The van der Waals surface area contributed by atoms with E-state index < -0.39 is 0 Å². The first-order chi connectivity index (χ1) is 72.2. The van der Waals surface area contributed by atoms with Gasteiger partial charge in [0.15, 0.2) is 0 Å². The van der Waals surface area contributed by atoms with Crippen LogP contribution < -0.4 is 14.7 Å². The van der Waals surface area contributed by atoms with Crippen molar-refractivity contribution in [1.29, 1.82) is 0 Å². The Morgan fingerprint density at radius 3 is 1.00 bits per heavy atom. The SMILES string of the molecule is CC1(C)c2ccccc2-c2ccc(N(c3ccc(-c4ccc(-c5ccccc5)s4)cc3)c3ccc(-c4cccc5c4oc4ccccc45)cc3)cc21.c1ccc(-c2ccc(-c3ccc(N(c4ccc(-n5c6ccccc6c6ccccc65)cc4)c4cccc5ccccc45)cc3)s2)cc1.c1ccc(-c2ccc(-c3ccc(N(c4ccc5c(c4)c4ccccc4n5-c4ccccc4)c4cccc5ccccc45)cc3)s2)cc1. The molecule has 0 unspecified atom stereocenters. The monoisotopic (exact) mass is 1920 g/mol. The molecular weight excluding hydrogens is 1830 g/mol. The molecule has 0 atom stereocenters. The maximum atomic E-state index is 6.41. The van der Waals surface area contributed by atoms with E-state index in [0.29, 0.717) is 0 Å². The van der Waals surface area contributed by atoms with Crippen LogP contribution in [0.3, 0.4) is 0 Å². The number of hydrogen-bond donors (Lipinski definition) is 0. The molecule has 1 aliphatic rings. The summed E-state index contributed by atoms with van der Waals surface area (Å²) in [7, 11) is 0. The van der Waals surface area contributed by atoms with Gasteiger partial charge in [0.05, 0.1) is 33.4 Å². The molecule has 0 spiro atoms. The van der Waals surface area contributed by atoms with Crippen LogP contribution in [0.25, 0.3) is 183 Å². The first kappa shape index (κ1) is 88.2. The lowest BCUT2D eigenvalue weighted by Crippen LogP contribution is -2.16. The zero-order chi connectivity index (χ0) is 97.1. The summed E-state index contributed by atoms with van der Waals surface area (Å²) in [5.74, 6) is 0. The molecule has 6 nitrogen and oxygen atoms in total. The Morgan fingerprint density at radius 1 is 0.199 bits per heavy atom. The lowest BCUT2D eigenvalue weighted by molar-refractivity contribution is 0.660. The second-order valence-electron chi connectivity index (χ2n) is 37.7. The summed E-state index contributed by atoms with van der Waals surface area (Å²) in [5.41, 5.74) is 34.1. The van der Waals surface area contributed by atoms with Crippen molar-refractivity contribution in [2.75, 3.05) is 14.7 Å². The van der Waals surface area contributed by atoms with E-state index >= 15 is 0 Å². The van der Waals surface area contributed by atoms with Gasteiger partial charge in [-0.25, -0.2) is 0 Å². The first-order valence-electron chi connectivity index (χ1n) is 49.7. The maximum Gasteiger partial charge on any atom is 0.143 e. The largest absolute Gasteiger partial charge is 0.455 e. The quantitative estimate of drug-likeness (QED) is 0.0857. The first-order valence-corrected chi connectivity index (χ1v) is 52.2. The molecule has 692 valence electrons. The minimum Gasteiger partial charge on any atom is -0.455 e. The summed E-state index contributed by atoms with van der Waals surface area (Å²) in [4.78, 5) is 14.8. The lowest BCUT2D eigenvalue weighted by atomic mass is 9.82. The number of nitrogens with zero attached hydrogens (tertiary/aromatic N) is 5. The number of para-hydroxylation sites is 6. The van der Waals surface area contributed by atoms with E-state index in [2.05, 4.69) is 565 Å².